The predicted octanol–water partition coefficient (Wildman–Crippen LogP) is 3.18. The van der Waals surface area contributed by atoms with Crippen molar-refractivity contribution in [2.75, 3.05) is 12.4 Å². The van der Waals surface area contributed by atoms with Crippen molar-refractivity contribution in [3.8, 4) is 0 Å². The van der Waals surface area contributed by atoms with Crippen LogP contribution in [0.1, 0.15) is 0 Å². The summed E-state index contributed by atoms with van der Waals surface area (Å²) in [5.41, 5.74) is 0. The van der Waals surface area contributed by atoms with Gasteiger partial charge in [0.2, 0.25) is 0 Å². The molecule has 1 N–H and O–H groups in total. The third-order valence-corrected chi connectivity index (χ3v) is 2.49. The van der Waals surface area contributed by atoms with E-state index in [9.17, 15) is 4.39 Å². The Morgan fingerprint density at radius 1 is 1.36 bits per heavy atom. The Bertz CT molecular complexity index is 485. The Hall–Kier alpha value is -1.16. The highest BCUT2D eigenvalue weighted by molar-refractivity contribution is 9.10. The summed E-state index contributed by atoms with van der Waals surface area (Å²) in [5, 5.41) is 4.28. The summed E-state index contributed by atoms with van der Waals surface area (Å²) in [5.74, 6) is 0.441. The van der Waals surface area contributed by atoms with Gasteiger partial charge in [-0.25, -0.2) is 9.37 Å². The molecule has 0 atom stereocenters. The number of nitrogens with one attached hydrogen (secondary N) is 1. The summed E-state index contributed by atoms with van der Waals surface area (Å²) in [6.07, 6.45) is 1.59. The zero-order valence-corrected chi connectivity index (χ0v) is 9.10. The van der Waals surface area contributed by atoms with Crippen LogP contribution in [-0.4, -0.2) is 12.0 Å². The van der Waals surface area contributed by atoms with Crippen molar-refractivity contribution in [3.63, 3.8) is 0 Å². The molecular formula is C10H8BrFN2. The fraction of sp³-hybridized carbons (Fsp3) is 0.100. The van der Waals surface area contributed by atoms with Crippen LogP contribution >= 0.6 is 15.9 Å². The van der Waals surface area contributed by atoms with Gasteiger partial charge in [-0.1, -0.05) is 15.9 Å². The maximum Gasteiger partial charge on any atom is 0.133 e. The number of pyridine rings is 1. The molecule has 0 saturated heterocycles. The molecule has 1 aromatic carbocycles. The van der Waals surface area contributed by atoms with Crippen LogP contribution in [0, 0.1) is 5.82 Å². The molecule has 0 fully saturated rings. The van der Waals surface area contributed by atoms with E-state index >= 15 is 0 Å². The van der Waals surface area contributed by atoms with E-state index in [0.29, 0.717) is 15.7 Å². The van der Waals surface area contributed by atoms with Gasteiger partial charge >= 0.3 is 0 Å². The number of rotatable bonds is 1. The van der Waals surface area contributed by atoms with Crippen molar-refractivity contribution in [2.24, 2.45) is 0 Å². The minimum absolute atomic E-state index is 0.242. The molecule has 0 amide bonds. The van der Waals surface area contributed by atoms with Crippen LogP contribution < -0.4 is 5.32 Å². The topological polar surface area (TPSA) is 24.9 Å². The van der Waals surface area contributed by atoms with Gasteiger partial charge in [-0.15, -0.1) is 0 Å². The first-order valence-corrected chi connectivity index (χ1v) is 4.93. The van der Waals surface area contributed by atoms with Crippen LogP contribution in [0.5, 0.6) is 0 Å². The van der Waals surface area contributed by atoms with Crippen molar-refractivity contribution in [3.05, 3.63) is 34.7 Å². The van der Waals surface area contributed by atoms with Gasteiger partial charge < -0.3 is 5.32 Å². The smallest absolute Gasteiger partial charge is 0.133 e. The normalized spacial score (nSPS) is 10.5. The van der Waals surface area contributed by atoms with E-state index in [1.54, 1.807) is 19.3 Å². The van der Waals surface area contributed by atoms with Crippen LogP contribution in [0.15, 0.2) is 28.9 Å². The molecule has 4 heteroatoms. The van der Waals surface area contributed by atoms with Crippen molar-refractivity contribution >= 4 is 32.5 Å². The van der Waals surface area contributed by atoms with Crippen LogP contribution in [0.2, 0.25) is 0 Å². The van der Waals surface area contributed by atoms with E-state index in [1.807, 2.05) is 6.07 Å². The minimum atomic E-state index is -0.242. The second-order valence-corrected chi connectivity index (χ2v) is 3.81. The highest BCUT2D eigenvalue weighted by atomic mass is 79.9. The zero-order valence-electron chi connectivity index (χ0n) is 7.51. The molecule has 2 rings (SSSR count). The number of anilines is 1. The molecule has 0 unspecified atom stereocenters. The molecule has 14 heavy (non-hydrogen) atoms. The van der Waals surface area contributed by atoms with Gasteiger partial charge in [0, 0.05) is 28.5 Å². The number of benzene rings is 1. The molecule has 1 aromatic heterocycles. The number of hydrogen-bond acceptors (Lipinski definition) is 2. The average molecular weight is 255 g/mol. The summed E-state index contributed by atoms with van der Waals surface area (Å²) in [4.78, 5) is 4.11. The maximum absolute atomic E-state index is 13.5. The standard InChI is InChI=1S/C10H8BrFN2/c1-13-10-8-4-6(11)5-9(12)7(8)2-3-14-10/h2-5H,1H3,(H,13,14). The lowest BCUT2D eigenvalue weighted by Gasteiger charge is -2.05. The predicted molar refractivity (Wildman–Crippen MR) is 58.9 cm³/mol. The van der Waals surface area contributed by atoms with E-state index < -0.39 is 0 Å². The van der Waals surface area contributed by atoms with Gasteiger partial charge in [0.25, 0.3) is 0 Å². The van der Waals surface area contributed by atoms with Crippen molar-refractivity contribution in [1.29, 1.82) is 0 Å². The third kappa shape index (κ3) is 1.46. The van der Waals surface area contributed by atoms with Crippen molar-refractivity contribution < 1.29 is 4.39 Å². The van der Waals surface area contributed by atoms with Crippen molar-refractivity contribution in [1.82, 2.24) is 4.98 Å². The molecule has 2 nitrogen and oxygen atoms in total. The van der Waals surface area contributed by atoms with E-state index in [-0.39, 0.29) is 5.82 Å². The Morgan fingerprint density at radius 3 is 2.86 bits per heavy atom. The lowest BCUT2D eigenvalue weighted by molar-refractivity contribution is 0.639. The SMILES string of the molecule is CNc1nccc2c(F)cc(Br)cc12. The molecule has 0 aliphatic carbocycles. The summed E-state index contributed by atoms with van der Waals surface area (Å²) in [6.45, 7) is 0. The third-order valence-electron chi connectivity index (χ3n) is 2.03. The number of halogens is 2. The zero-order chi connectivity index (χ0) is 10.1. The fourth-order valence-corrected chi connectivity index (χ4v) is 1.84. The first-order valence-electron chi connectivity index (χ1n) is 4.14. The second-order valence-electron chi connectivity index (χ2n) is 2.89. The Kier molecular flexibility index (Phi) is 2.37. The molecule has 0 spiro atoms. The van der Waals surface area contributed by atoms with Crippen LogP contribution in [0.25, 0.3) is 10.8 Å². The first-order chi connectivity index (χ1) is 6.72. The quantitative estimate of drug-likeness (QED) is 0.846. The number of aromatic nitrogens is 1. The number of fused-ring (bicyclic) bond motifs is 1. The van der Waals surface area contributed by atoms with E-state index in [4.69, 9.17) is 0 Å². The first kappa shape index (κ1) is 9.40. The van der Waals surface area contributed by atoms with Gasteiger partial charge in [0.05, 0.1) is 0 Å². The van der Waals surface area contributed by atoms with E-state index in [2.05, 4.69) is 26.2 Å². The fourth-order valence-electron chi connectivity index (χ4n) is 1.41. The molecule has 0 radical (unpaired) electrons. The van der Waals surface area contributed by atoms with Gasteiger partial charge in [-0.2, -0.15) is 0 Å². The molecule has 72 valence electrons. The lowest BCUT2D eigenvalue weighted by atomic mass is 10.1. The number of hydrogen-bond donors (Lipinski definition) is 1. The molecule has 0 saturated carbocycles. The van der Waals surface area contributed by atoms with Crippen molar-refractivity contribution in [2.45, 2.75) is 0 Å². The molecule has 0 aliphatic heterocycles. The Labute approximate surface area is 89.3 Å². The molecule has 1 heterocycles. The molecule has 0 bridgehead atoms. The van der Waals surface area contributed by atoms with Crippen LogP contribution in [-0.2, 0) is 0 Å². The summed E-state index contributed by atoms with van der Waals surface area (Å²) >= 11 is 3.25. The summed E-state index contributed by atoms with van der Waals surface area (Å²) in [7, 11) is 1.76. The molecule has 0 aliphatic rings. The lowest BCUT2D eigenvalue weighted by Crippen LogP contribution is -1.93. The summed E-state index contributed by atoms with van der Waals surface area (Å²) in [6, 6.07) is 4.96. The Morgan fingerprint density at radius 2 is 2.14 bits per heavy atom. The average Bonchev–Trinajstić information content (AvgIpc) is 2.17. The Balaban J connectivity index is 2.86. The van der Waals surface area contributed by atoms with Crippen LogP contribution in [0.4, 0.5) is 10.2 Å². The van der Waals surface area contributed by atoms with Gasteiger partial charge in [0.1, 0.15) is 11.6 Å². The van der Waals surface area contributed by atoms with Gasteiger partial charge in [-0.05, 0) is 18.2 Å². The molecule has 2 aromatic rings. The monoisotopic (exact) mass is 254 g/mol. The minimum Gasteiger partial charge on any atom is -0.373 e. The highest BCUT2D eigenvalue weighted by Gasteiger charge is 2.06. The van der Waals surface area contributed by atoms with E-state index in [0.717, 1.165) is 5.39 Å². The molecular weight excluding hydrogens is 247 g/mol. The van der Waals surface area contributed by atoms with Crippen LogP contribution in [0.3, 0.4) is 0 Å². The number of nitrogens with zero attached hydrogens (tertiary/aromatic N) is 1. The second kappa shape index (κ2) is 3.53. The highest BCUT2D eigenvalue weighted by Crippen LogP contribution is 2.27. The summed E-state index contributed by atoms with van der Waals surface area (Å²) < 4.78 is 14.2. The largest absolute Gasteiger partial charge is 0.373 e. The maximum atomic E-state index is 13.5. The van der Waals surface area contributed by atoms with Gasteiger partial charge in [-0.3, -0.25) is 0 Å². The van der Waals surface area contributed by atoms with E-state index in [1.165, 1.54) is 6.07 Å². The van der Waals surface area contributed by atoms with Gasteiger partial charge in [0.15, 0.2) is 0 Å².